The second kappa shape index (κ2) is 16.3. The Morgan fingerprint density at radius 3 is 2.13 bits per heavy atom. The van der Waals surface area contributed by atoms with Gasteiger partial charge in [0.1, 0.15) is 5.75 Å². The number of aryl methyl sites for hydroxylation is 1. The smallest absolute Gasteiger partial charge is 0.314 e. The van der Waals surface area contributed by atoms with Crippen LogP contribution in [0.4, 0.5) is 0 Å². The molecule has 0 unspecified atom stereocenters. The van der Waals surface area contributed by atoms with Gasteiger partial charge in [-0.3, -0.25) is 9.78 Å². The Kier molecular flexibility index (Phi) is 12.8. The van der Waals surface area contributed by atoms with Gasteiger partial charge >= 0.3 is 5.97 Å². The highest BCUT2D eigenvalue weighted by Crippen LogP contribution is 2.43. The van der Waals surface area contributed by atoms with Crippen LogP contribution in [-0.2, 0) is 11.2 Å². The van der Waals surface area contributed by atoms with Crippen LogP contribution in [0.25, 0.3) is 11.3 Å². The van der Waals surface area contributed by atoms with Crippen LogP contribution >= 0.6 is 0 Å². The summed E-state index contributed by atoms with van der Waals surface area (Å²) in [6.07, 6.45) is 21.0. The Bertz CT molecular complexity index is 983. The molecule has 1 fully saturated rings. The molecule has 4 heteroatoms. The summed E-state index contributed by atoms with van der Waals surface area (Å²) >= 11 is 0. The summed E-state index contributed by atoms with van der Waals surface area (Å²) in [6, 6.07) is 14.5. The third kappa shape index (κ3) is 9.57. The molecule has 1 aliphatic carbocycles. The van der Waals surface area contributed by atoms with E-state index in [0.29, 0.717) is 5.75 Å². The van der Waals surface area contributed by atoms with Gasteiger partial charge in [-0.2, -0.15) is 5.26 Å². The number of nitrogens with zero attached hydrogens (tertiary/aromatic N) is 2. The van der Waals surface area contributed by atoms with Crippen molar-refractivity contribution in [1.82, 2.24) is 4.98 Å². The highest BCUT2D eigenvalue weighted by atomic mass is 16.5. The average Bonchev–Trinajstić information content (AvgIpc) is 2.96. The van der Waals surface area contributed by atoms with Gasteiger partial charge in [0.25, 0.3) is 0 Å². The van der Waals surface area contributed by atoms with Crippen molar-refractivity contribution >= 4 is 5.97 Å². The van der Waals surface area contributed by atoms with E-state index in [1.165, 1.54) is 69.8 Å². The van der Waals surface area contributed by atoms with E-state index in [4.69, 9.17) is 4.74 Å². The maximum absolute atomic E-state index is 12.8. The van der Waals surface area contributed by atoms with E-state index in [0.717, 1.165) is 56.2 Å². The SMILES string of the molecule is CCCCCCCC[C@]1(C#N)CC[C@H](C(=O)Oc2ccc(-c3ccc(CCCCCCC)cn3)cc2)CC1. The lowest BCUT2D eigenvalue weighted by molar-refractivity contribution is -0.140. The van der Waals surface area contributed by atoms with Crippen LogP contribution in [0.3, 0.4) is 0 Å². The molecule has 1 heterocycles. The standard InChI is InChI=1S/C34H48N2O2/c1-3-5-7-9-11-13-23-34(27-35)24-21-30(22-25-34)33(37)38-31-18-16-29(17-19-31)32-20-15-28(26-36-32)14-12-10-8-6-4-2/h15-20,26,30H,3-14,21-25H2,1-2H3/t30-,34-. The van der Waals surface area contributed by atoms with Crippen LogP contribution in [0.5, 0.6) is 5.75 Å². The number of hydrogen-bond donors (Lipinski definition) is 0. The number of rotatable bonds is 16. The van der Waals surface area contributed by atoms with Crippen molar-refractivity contribution in [3.8, 4) is 23.1 Å². The monoisotopic (exact) mass is 516 g/mol. The number of aromatic nitrogens is 1. The molecular weight excluding hydrogens is 468 g/mol. The van der Waals surface area contributed by atoms with E-state index in [1.54, 1.807) is 0 Å². The molecule has 0 radical (unpaired) electrons. The van der Waals surface area contributed by atoms with Crippen LogP contribution in [0.2, 0.25) is 0 Å². The lowest BCUT2D eigenvalue weighted by Gasteiger charge is -2.34. The number of esters is 1. The number of carbonyl (C=O) groups excluding carboxylic acids is 1. The van der Waals surface area contributed by atoms with Crippen molar-refractivity contribution in [1.29, 1.82) is 5.26 Å². The Morgan fingerprint density at radius 1 is 0.895 bits per heavy atom. The van der Waals surface area contributed by atoms with Crippen LogP contribution in [0.15, 0.2) is 42.6 Å². The first kappa shape index (κ1) is 29.9. The number of nitriles is 1. The van der Waals surface area contributed by atoms with Gasteiger partial charge in [-0.05, 0) is 80.8 Å². The Balaban J connectivity index is 1.42. The molecule has 1 aromatic carbocycles. The summed E-state index contributed by atoms with van der Waals surface area (Å²) in [7, 11) is 0. The first-order valence-corrected chi connectivity index (χ1v) is 15.3. The van der Waals surface area contributed by atoms with Crippen LogP contribution in [0, 0.1) is 22.7 Å². The lowest BCUT2D eigenvalue weighted by atomic mass is 9.69. The van der Waals surface area contributed by atoms with Gasteiger partial charge in [-0.15, -0.1) is 0 Å². The molecule has 0 N–H and O–H groups in total. The van der Waals surface area contributed by atoms with E-state index in [-0.39, 0.29) is 17.3 Å². The molecule has 0 spiro atoms. The zero-order valence-corrected chi connectivity index (χ0v) is 23.9. The zero-order chi connectivity index (χ0) is 27.1. The Labute approximate surface area is 231 Å². The van der Waals surface area contributed by atoms with Crippen molar-refractivity contribution in [2.75, 3.05) is 0 Å². The van der Waals surface area contributed by atoms with Crippen LogP contribution in [-0.4, -0.2) is 11.0 Å². The fourth-order valence-electron chi connectivity index (χ4n) is 5.64. The topological polar surface area (TPSA) is 63.0 Å². The molecule has 3 rings (SSSR count). The van der Waals surface area contributed by atoms with Crippen molar-refractivity contribution < 1.29 is 9.53 Å². The molecule has 0 atom stereocenters. The number of carbonyl (C=O) groups is 1. The maximum atomic E-state index is 12.8. The highest BCUT2D eigenvalue weighted by Gasteiger charge is 2.37. The van der Waals surface area contributed by atoms with Gasteiger partial charge in [0.2, 0.25) is 0 Å². The quantitative estimate of drug-likeness (QED) is 0.127. The summed E-state index contributed by atoms with van der Waals surface area (Å²) in [5, 5.41) is 9.87. The van der Waals surface area contributed by atoms with E-state index in [9.17, 15) is 10.1 Å². The zero-order valence-electron chi connectivity index (χ0n) is 23.9. The summed E-state index contributed by atoms with van der Waals surface area (Å²) < 4.78 is 5.73. The number of pyridine rings is 1. The predicted molar refractivity (Wildman–Crippen MR) is 156 cm³/mol. The van der Waals surface area contributed by atoms with Crippen LogP contribution in [0.1, 0.15) is 122 Å². The number of benzene rings is 1. The molecule has 0 aliphatic heterocycles. The molecule has 1 saturated carbocycles. The van der Waals surface area contributed by atoms with Crippen molar-refractivity contribution in [2.24, 2.45) is 11.3 Å². The summed E-state index contributed by atoms with van der Waals surface area (Å²) in [4.78, 5) is 17.5. The molecule has 0 bridgehead atoms. The fourth-order valence-corrected chi connectivity index (χ4v) is 5.64. The van der Waals surface area contributed by atoms with Crippen molar-refractivity contribution in [2.45, 2.75) is 123 Å². The van der Waals surface area contributed by atoms with E-state index in [2.05, 4.69) is 37.0 Å². The molecule has 0 amide bonds. The second-order valence-corrected chi connectivity index (χ2v) is 11.3. The van der Waals surface area contributed by atoms with E-state index >= 15 is 0 Å². The highest BCUT2D eigenvalue weighted by molar-refractivity contribution is 5.75. The third-order valence-corrected chi connectivity index (χ3v) is 8.28. The number of ether oxygens (including phenoxy) is 1. The Morgan fingerprint density at radius 2 is 1.53 bits per heavy atom. The second-order valence-electron chi connectivity index (χ2n) is 11.3. The number of unbranched alkanes of at least 4 members (excludes halogenated alkanes) is 9. The minimum Gasteiger partial charge on any atom is -0.426 e. The normalized spacial score (nSPS) is 19.1. The molecule has 38 heavy (non-hydrogen) atoms. The summed E-state index contributed by atoms with van der Waals surface area (Å²) in [5.74, 6) is 0.300. The van der Waals surface area contributed by atoms with Crippen molar-refractivity contribution in [3.63, 3.8) is 0 Å². The van der Waals surface area contributed by atoms with Gasteiger partial charge in [0.05, 0.1) is 23.1 Å². The molecule has 1 aromatic heterocycles. The molecule has 1 aliphatic rings. The molecule has 206 valence electrons. The maximum Gasteiger partial charge on any atom is 0.314 e. The largest absolute Gasteiger partial charge is 0.426 e. The van der Waals surface area contributed by atoms with E-state index in [1.807, 2.05) is 30.5 Å². The minimum atomic E-state index is -0.249. The first-order valence-electron chi connectivity index (χ1n) is 15.3. The number of hydrogen-bond acceptors (Lipinski definition) is 4. The molecule has 4 nitrogen and oxygen atoms in total. The third-order valence-electron chi connectivity index (χ3n) is 8.28. The van der Waals surface area contributed by atoms with Crippen LogP contribution < -0.4 is 4.74 Å². The summed E-state index contributed by atoms with van der Waals surface area (Å²) in [6.45, 7) is 4.48. The fraction of sp³-hybridized carbons (Fsp3) is 0.618. The lowest BCUT2D eigenvalue weighted by Crippen LogP contribution is -2.31. The van der Waals surface area contributed by atoms with Gasteiger partial charge < -0.3 is 4.74 Å². The Hall–Kier alpha value is -2.67. The predicted octanol–water partition coefficient (Wildman–Crippen LogP) is 9.62. The van der Waals surface area contributed by atoms with Gasteiger partial charge in [0.15, 0.2) is 0 Å². The molecular formula is C34H48N2O2. The molecule has 0 saturated heterocycles. The van der Waals surface area contributed by atoms with Gasteiger partial charge in [-0.1, -0.05) is 84.1 Å². The minimum absolute atomic E-state index is 0.114. The molecule has 2 aromatic rings. The van der Waals surface area contributed by atoms with E-state index < -0.39 is 0 Å². The van der Waals surface area contributed by atoms with Gasteiger partial charge in [0, 0.05) is 11.8 Å². The van der Waals surface area contributed by atoms with Gasteiger partial charge in [-0.25, -0.2) is 0 Å². The first-order chi connectivity index (χ1) is 18.6. The van der Waals surface area contributed by atoms with Crippen molar-refractivity contribution in [3.05, 3.63) is 48.2 Å². The average molecular weight is 517 g/mol. The summed E-state index contributed by atoms with van der Waals surface area (Å²) in [5.41, 5.74) is 2.99.